The molecule has 0 bridgehead atoms. The van der Waals surface area contributed by atoms with Crippen molar-refractivity contribution in [2.24, 2.45) is 0 Å². The van der Waals surface area contributed by atoms with Crippen LogP contribution in [0.2, 0.25) is 0 Å². The minimum absolute atomic E-state index is 0.0308. The Labute approximate surface area is 162 Å². The first-order valence-corrected chi connectivity index (χ1v) is 10.1. The van der Waals surface area contributed by atoms with E-state index in [1.54, 1.807) is 11.0 Å². The van der Waals surface area contributed by atoms with Gasteiger partial charge in [0, 0.05) is 24.5 Å². The highest BCUT2D eigenvalue weighted by Crippen LogP contribution is 2.26. The fourth-order valence-corrected chi connectivity index (χ4v) is 3.59. The number of aromatic nitrogens is 1. The lowest BCUT2D eigenvalue weighted by Gasteiger charge is -2.19. The molecule has 1 aliphatic carbocycles. The summed E-state index contributed by atoms with van der Waals surface area (Å²) in [6.45, 7) is 2.91. The third kappa shape index (κ3) is 4.98. The zero-order valence-corrected chi connectivity index (χ0v) is 16.1. The van der Waals surface area contributed by atoms with Crippen LogP contribution in [0, 0.1) is 11.3 Å². The summed E-state index contributed by atoms with van der Waals surface area (Å²) >= 11 is 1.32. The van der Waals surface area contributed by atoms with Gasteiger partial charge in [-0.25, -0.2) is 4.98 Å². The lowest BCUT2D eigenvalue weighted by atomic mass is 10.1. The number of nitrogens with zero attached hydrogens (tertiary/aromatic N) is 3. The van der Waals surface area contributed by atoms with Crippen molar-refractivity contribution in [2.45, 2.75) is 37.3 Å². The normalized spacial score (nSPS) is 13.2. The van der Waals surface area contributed by atoms with Crippen LogP contribution in [0.15, 0.2) is 35.4 Å². The first-order valence-electron chi connectivity index (χ1n) is 9.10. The molecule has 0 spiro atoms. The molecule has 0 saturated heterocycles. The number of carbonyl (C=O) groups excluding carboxylic acids is 2. The van der Waals surface area contributed by atoms with Crippen LogP contribution in [0.3, 0.4) is 0 Å². The molecule has 6 nitrogen and oxygen atoms in total. The zero-order chi connectivity index (χ0) is 19.2. The highest BCUT2D eigenvalue weighted by Gasteiger charge is 2.25. The van der Waals surface area contributed by atoms with Gasteiger partial charge in [-0.2, -0.15) is 5.26 Å². The Morgan fingerprint density at radius 2 is 2.15 bits per heavy atom. The van der Waals surface area contributed by atoms with Crippen LogP contribution in [0.25, 0.3) is 10.9 Å². The van der Waals surface area contributed by atoms with Crippen molar-refractivity contribution in [1.29, 1.82) is 5.26 Å². The summed E-state index contributed by atoms with van der Waals surface area (Å²) in [5, 5.41) is 13.2. The number of nitriles is 1. The highest BCUT2D eigenvalue weighted by molar-refractivity contribution is 7.99. The maximum atomic E-state index is 12.6. The average Bonchev–Trinajstić information content (AvgIpc) is 3.50. The van der Waals surface area contributed by atoms with Gasteiger partial charge in [-0.3, -0.25) is 9.59 Å². The fraction of sp³-hybridized carbons (Fsp3) is 0.400. The van der Waals surface area contributed by atoms with Gasteiger partial charge >= 0.3 is 0 Å². The van der Waals surface area contributed by atoms with Crippen molar-refractivity contribution in [3.63, 3.8) is 0 Å². The lowest BCUT2D eigenvalue weighted by molar-refractivity contribution is -0.128. The van der Waals surface area contributed by atoms with E-state index < -0.39 is 0 Å². The van der Waals surface area contributed by atoms with E-state index in [1.165, 1.54) is 11.8 Å². The molecule has 1 aliphatic rings. The third-order valence-electron chi connectivity index (χ3n) is 4.42. The van der Waals surface area contributed by atoms with E-state index in [0.29, 0.717) is 30.1 Å². The molecule has 1 N–H and O–H groups in total. The second kappa shape index (κ2) is 8.87. The number of pyridine rings is 1. The Morgan fingerprint density at radius 3 is 2.85 bits per heavy atom. The number of carbonyl (C=O) groups is 2. The van der Waals surface area contributed by atoms with Crippen molar-refractivity contribution >= 4 is 34.5 Å². The number of fused-ring (bicyclic) bond motifs is 1. The number of thioether (sulfide) groups is 1. The first-order chi connectivity index (χ1) is 13.1. The van der Waals surface area contributed by atoms with Gasteiger partial charge in [-0.1, -0.05) is 30.0 Å². The minimum Gasteiger partial charge on any atom is -0.349 e. The van der Waals surface area contributed by atoms with Crippen LogP contribution in [0.5, 0.6) is 0 Å². The van der Waals surface area contributed by atoms with E-state index in [0.717, 1.165) is 23.7 Å². The van der Waals surface area contributed by atoms with E-state index >= 15 is 0 Å². The second-order valence-corrected chi connectivity index (χ2v) is 7.44. The van der Waals surface area contributed by atoms with Gasteiger partial charge in [-0.05, 0) is 31.9 Å². The number of amides is 2. The number of hydrogen-bond acceptors (Lipinski definition) is 5. The number of benzene rings is 1. The van der Waals surface area contributed by atoms with E-state index in [2.05, 4.69) is 16.4 Å². The third-order valence-corrected chi connectivity index (χ3v) is 5.32. The molecule has 0 unspecified atom stereocenters. The Kier molecular flexibility index (Phi) is 6.30. The first kappa shape index (κ1) is 19.2. The van der Waals surface area contributed by atoms with Crippen molar-refractivity contribution in [1.82, 2.24) is 15.2 Å². The predicted molar refractivity (Wildman–Crippen MR) is 105 cm³/mol. The van der Waals surface area contributed by atoms with Crippen molar-refractivity contribution < 1.29 is 9.59 Å². The van der Waals surface area contributed by atoms with Gasteiger partial charge in [0.1, 0.15) is 0 Å². The van der Waals surface area contributed by atoms with E-state index in [4.69, 9.17) is 5.26 Å². The quantitative estimate of drug-likeness (QED) is 0.710. The average molecular weight is 382 g/mol. The molecule has 1 aromatic carbocycles. The fourth-order valence-electron chi connectivity index (χ4n) is 2.77. The summed E-state index contributed by atoms with van der Waals surface area (Å²) in [7, 11) is 0. The Hall–Kier alpha value is -2.59. The van der Waals surface area contributed by atoms with Gasteiger partial charge < -0.3 is 10.2 Å². The molecule has 2 aromatic rings. The monoisotopic (exact) mass is 382 g/mol. The molecule has 0 aliphatic heterocycles. The number of para-hydroxylation sites is 1. The molecule has 27 heavy (non-hydrogen) atoms. The van der Waals surface area contributed by atoms with Crippen LogP contribution >= 0.6 is 11.8 Å². The van der Waals surface area contributed by atoms with Crippen molar-refractivity contribution in [3.8, 4) is 6.07 Å². The van der Waals surface area contributed by atoms with E-state index in [-0.39, 0.29) is 23.6 Å². The molecule has 1 heterocycles. The number of rotatable bonds is 8. The Morgan fingerprint density at radius 1 is 1.37 bits per heavy atom. The van der Waals surface area contributed by atoms with E-state index in [1.807, 2.05) is 31.2 Å². The maximum Gasteiger partial charge on any atom is 0.252 e. The minimum atomic E-state index is -0.0894. The molecular formula is C20H22N4O2S. The molecule has 1 aromatic heterocycles. The van der Waals surface area contributed by atoms with Gasteiger partial charge in [0.25, 0.3) is 5.91 Å². The molecule has 1 fully saturated rings. The standard InChI is InChI=1S/C20H22N4O2S/c1-2-24(11-5-10-21)19(25)13-27-18-12-16(20(26)22-14-8-9-14)15-6-3-4-7-17(15)23-18/h3-4,6-7,12,14H,2,5,8-9,11,13H2,1H3,(H,22,26). The smallest absolute Gasteiger partial charge is 0.252 e. The van der Waals surface area contributed by atoms with Crippen molar-refractivity contribution in [3.05, 3.63) is 35.9 Å². The largest absolute Gasteiger partial charge is 0.349 e. The molecule has 140 valence electrons. The Balaban J connectivity index is 1.77. The number of nitrogens with one attached hydrogen (secondary N) is 1. The van der Waals surface area contributed by atoms with Crippen molar-refractivity contribution in [2.75, 3.05) is 18.8 Å². The van der Waals surface area contributed by atoms with Crippen LogP contribution in [-0.4, -0.2) is 46.6 Å². The van der Waals surface area contributed by atoms with Crippen LogP contribution in [0.4, 0.5) is 0 Å². The SMILES string of the molecule is CCN(CCC#N)C(=O)CSc1cc(C(=O)NC2CC2)c2ccccc2n1. The number of hydrogen-bond donors (Lipinski definition) is 1. The van der Waals surface area contributed by atoms with Gasteiger partial charge in [0.2, 0.25) is 5.91 Å². The molecule has 0 atom stereocenters. The summed E-state index contributed by atoms with van der Waals surface area (Å²) in [5.41, 5.74) is 1.34. The van der Waals surface area contributed by atoms with Crippen LogP contribution in [0.1, 0.15) is 36.5 Å². The van der Waals surface area contributed by atoms with Gasteiger partial charge in [0.15, 0.2) is 0 Å². The van der Waals surface area contributed by atoms with Crippen LogP contribution in [-0.2, 0) is 4.79 Å². The maximum absolute atomic E-state index is 12.6. The highest BCUT2D eigenvalue weighted by atomic mass is 32.2. The molecule has 0 radical (unpaired) electrons. The van der Waals surface area contributed by atoms with Gasteiger partial charge in [-0.15, -0.1) is 0 Å². The summed E-state index contributed by atoms with van der Waals surface area (Å²) in [4.78, 5) is 31.3. The molecule has 7 heteroatoms. The zero-order valence-electron chi connectivity index (χ0n) is 15.3. The predicted octanol–water partition coefficient (Wildman–Crippen LogP) is 2.98. The van der Waals surface area contributed by atoms with Crippen LogP contribution < -0.4 is 5.32 Å². The second-order valence-electron chi connectivity index (χ2n) is 6.44. The molecule has 3 rings (SSSR count). The summed E-state index contributed by atoms with van der Waals surface area (Å²) < 4.78 is 0. The lowest BCUT2D eigenvalue weighted by Crippen LogP contribution is -2.33. The van der Waals surface area contributed by atoms with E-state index in [9.17, 15) is 9.59 Å². The van der Waals surface area contributed by atoms with Gasteiger partial charge in [0.05, 0.1) is 34.3 Å². The molecular weight excluding hydrogens is 360 g/mol. The molecule has 1 saturated carbocycles. The molecule has 2 amide bonds. The summed E-state index contributed by atoms with van der Waals surface area (Å²) in [5.74, 6) is 0.110. The summed E-state index contributed by atoms with van der Waals surface area (Å²) in [6, 6.07) is 11.7. The Bertz CT molecular complexity index is 889. The summed E-state index contributed by atoms with van der Waals surface area (Å²) in [6.07, 6.45) is 2.38. The topological polar surface area (TPSA) is 86.1 Å².